The number of carbonyl (C=O) groups is 1. The molecule has 2 heterocycles. The quantitative estimate of drug-likeness (QED) is 0.733. The number of aryl methyl sites for hydroxylation is 1. The van der Waals surface area contributed by atoms with Crippen molar-refractivity contribution < 1.29 is 18.3 Å². The number of fused-ring (bicyclic) bond motifs is 1. The summed E-state index contributed by atoms with van der Waals surface area (Å²) in [5.74, 6) is -1.44. The van der Waals surface area contributed by atoms with Gasteiger partial charge in [-0.25, -0.2) is 13.8 Å². The van der Waals surface area contributed by atoms with Gasteiger partial charge in [0.05, 0.1) is 10.6 Å². The number of nitrogens with two attached hydrogens (primary N) is 1. The molecule has 0 radical (unpaired) electrons. The van der Waals surface area contributed by atoms with E-state index >= 15 is 0 Å². The van der Waals surface area contributed by atoms with Crippen LogP contribution in [0.4, 0.5) is 8.78 Å². The number of pyridine rings is 1. The number of hydrogen-bond donors (Lipinski definition) is 1. The fourth-order valence-corrected chi connectivity index (χ4v) is 4.26. The number of nitrogens with zero attached hydrogens (tertiary/aromatic N) is 3. The topological polar surface area (TPSA) is 101 Å². The SMILES string of the molecule is Cc1cc(C#N)cnc1C(=O)Cc1cc(F)c(Cl)c([C@@]2(CF)N=C(N)O[C@@H]3C[C@@H]32)c1. The van der Waals surface area contributed by atoms with Gasteiger partial charge >= 0.3 is 0 Å². The lowest BCUT2D eigenvalue weighted by Gasteiger charge is -2.32. The van der Waals surface area contributed by atoms with Crippen molar-refractivity contribution in [1.82, 2.24) is 4.98 Å². The normalized spacial score (nSPS) is 24.3. The van der Waals surface area contributed by atoms with Crippen molar-refractivity contribution >= 4 is 23.4 Å². The van der Waals surface area contributed by atoms with Crippen molar-refractivity contribution in [3.8, 4) is 6.07 Å². The molecule has 1 aliphatic carbocycles. The summed E-state index contributed by atoms with van der Waals surface area (Å²) >= 11 is 6.19. The van der Waals surface area contributed by atoms with E-state index in [4.69, 9.17) is 27.3 Å². The summed E-state index contributed by atoms with van der Waals surface area (Å²) in [4.78, 5) is 21.0. The van der Waals surface area contributed by atoms with Crippen LogP contribution in [0.3, 0.4) is 0 Å². The average molecular weight is 431 g/mol. The highest BCUT2D eigenvalue weighted by molar-refractivity contribution is 6.31. The monoisotopic (exact) mass is 430 g/mol. The van der Waals surface area contributed by atoms with E-state index in [0.29, 0.717) is 23.1 Å². The van der Waals surface area contributed by atoms with Gasteiger partial charge < -0.3 is 10.5 Å². The summed E-state index contributed by atoms with van der Waals surface area (Å²) in [6.45, 7) is 0.741. The predicted molar refractivity (Wildman–Crippen MR) is 105 cm³/mol. The number of rotatable bonds is 5. The summed E-state index contributed by atoms with van der Waals surface area (Å²) in [5, 5.41) is 8.69. The molecule has 9 heteroatoms. The molecule has 2 aliphatic rings. The number of alkyl halides is 1. The summed E-state index contributed by atoms with van der Waals surface area (Å²) in [6, 6.07) is 5.99. The Morgan fingerprint density at radius 2 is 2.23 bits per heavy atom. The maximum Gasteiger partial charge on any atom is 0.283 e. The molecule has 3 atom stereocenters. The molecule has 1 saturated carbocycles. The summed E-state index contributed by atoms with van der Waals surface area (Å²) in [6.07, 6.45) is 1.38. The van der Waals surface area contributed by atoms with Gasteiger partial charge in [0.2, 0.25) is 0 Å². The van der Waals surface area contributed by atoms with Gasteiger partial charge in [0.1, 0.15) is 35.9 Å². The molecule has 0 amide bonds. The van der Waals surface area contributed by atoms with Crippen LogP contribution < -0.4 is 5.73 Å². The minimum atomic E-state index is -1.44. The second-order valence-electron chi connectivity index (χ2n) is 7.55. The molecule has 2 N–H and O–H groups in total. The first kappa shape index (κ1) is 20.2. The molecule has 6 nitrogen and oxygen atoms in total. The highest BCUT2D eigenvalue weighted by Crippen LogP contribution is 2.54. The average Bonchev–Trinajstić information content (AvgIpc) is 3.49. The molecule has 2 aromatic rings. The molecule has 0 spiro atoms. The fraction of sp³-hybridized carbons (Fsp3) is 0.333. The Bertz CT molecular complexity index is 1130. The Hall–Kier alpha value is -3.05. The van der Waals surface area contributed by atoms with Crippen LogP contribution in [0.2, 0.25) is 5.02 Å². The van der Waals surface area contributed by atoms with Gasteiger partial charge in [0, 0.05) is 24.1 Å². The van der Waals surface area contributed by atoms with Crippen LogP contribution in [-0.2, 0) is 16.7 Å². The van der Waals surface area contributed by atoms with E-state index in [9.17, 15) is 13.6 Å². The smallest absolute Gasteiger partial charge is 0.283 e. The zero-order valence-electron chi connectivity index (χ0n) is 16.0. The highest BCUT2D eigenvalue weighted by atomic mass is 35.5. The minimum Gasteiger partial charge on any atom is -0.462 e. The lowest BCUT2D eigenvalue weighted by molar-refractivity contribution is 0.0987. The van der Waals surface area contributed by atoms with Crippen molar-refractivity contribution in [2.24, 2.45) is 16.6 Å². The number of ketones is 1. The van der Waals surface area contributed by atoms with Crippen molar-refractivity contribution in [2.75, 3.05) is 6.67 Å². The summed E-state index contributed by atoms with van der Waals surface area (Å²) in [7, 11) is 0. The number of hydrogen-bond acceptors (Lipinski definition) is 6. The Balaban J connectivity index is 1.72. The van der Waals surface area contributed by atoms with Crippen LogP contribution in [0.25, 0.3) is 0 Å². The molecule has 4 rings (SSSR count). The molecule has 1 aromatic heterocycles. The Kier molecular flexibility index (Phi) is 4.94. The van der Waals surface area contributed by atoms with E-state index in [0.717, 1.165) is 6.07 Å². The molecule has 0 unspecified atom stereocenters. The number of aromatic nitrogens is 1. The van der Waals surface area contributed by atoms with Gasteiger partial charge in [0.15, 0.2) is 5.78 Å². The molecule has 30 heavy (non-hydrogen) atoms. The van der Waals surface area contributed by atoms with E-state index in [-0.39, 0.29) is 46.5 Å². The predicted octanol–water partition coefficient (Wildman–Crippen LogP) is 3.38. The van der Waals surface area contributed by atoms with Gasteiger partial charge in [-0.15, -0.1) is 0 Å². The first-order valence-corrected chi connectivity index (χ1v) is 9.63. The van der Waals surface area contributed by atoms with Gasteiger partial charge in [-0.1, -0.05) is 17.7 Å². The summed E-state index contributed by atoms with van der Waals surface area (Å²) in [5.41, 5.74) is 5.78. The van der Waals surface area contributed by atoms with Crippen molar-refractivity contribution in [3.63, 3.8) is 0 Å². The third kappa shape index (κ3) is 3.29. The maximum absolute atomic E-state index is 14.6. The van der Waals surface area contributed by atoms with Gasteiger partial charge in [-0.3, -0.25) is 9.78 Å². The van der Waals surface area contributed by atoms with Crippen molar-refractivity contribution in [2.45, 2.75) is 31.4 Å². The largest absolute Gasteiger partial charge is 0.462 e. The molecule has 0 saturated heterocycles. The fourth-order valence-electron chi connectivity index (χ4n) is 3.99. The molecular formula is C21H17ClF2N4O2. The molecule has 1 fully saturated rings. The van der Waals surface area contributed by atoms with Crippen LogP contribution in [-0.4, -0.2) is 29.6 Å². The van der Waals surface area contributed by atoms with Gasteiger partial charge in [-0.2, -0.15) is 5.26 Å². The molecule has 154 valence electrons. The second-order valence-corrected chi connectivity index (χ2v) is 7.92. The molecule has 1 aliphatic heterocycles. The molecule has 0 bridgehead atoms. The Morgan fingerprint density at radius 3 is 2.90 bits per heavy atom. The molecular weight excluding hydrogens is 414 g/mol. The van der Waals surface area contributed by atoms with Crippen LogP contribution in [0.15, 0.2) is 29.4 Å². The maximum atomic E-state index is 14.6. The van der Waals surface area contributed by atoms with Crippen LogP contribution in [0.5, 0.6) is 0 Å². The van der Waals surface area contributed by atoms with Gasteiger partial charge in [-0.05, 0) is 36.6 Å². The highest BCUT2D eigenvalue weighted by Gasteiger charge is 2.60. The third-order valence-electron chi connectivity index (χ3n) is 5.52. The number of halogens is 3. The lowest BCUT2D eigenvalue weighted by Crippen LogP contribution is -2.39. The summed E-state index contributed by atoms with van der Waals surface area (Å²) < 4.78 is 34.2. The minimum absolute atomic E-state index is 0.151. The lowest BCUT2D eigenvalue weighted by atomic mass is 9.84. The number of benzene rings is 1. The third-order valence-corrected chi connectivity index (χ3v) is 5.91. The van der Waals surface area contributed by atoms with Crippen LogP contribution in [0, 0.1) is 30.0 Å². The van der Waals surface area contributed by atoms with Crippen molar-refractivity contribution in [3.05, 3.63) is 63.2 Å². The number of amidine groups is 1. The number of carbonyl (C=O) groups excluding carboxylic acids is 1. The van der Waals surface area contributed by atoms with E-state index in [1.54, 1.807) is 13.0 Å². The van der Waals surface area contributed by atoms with Crippen molar-refractivity contribution in [1.29, 1.82) is 5.26 Å². The van der Waals surface area contributed by atoms with Crippen LogP contribution in [0.1, 0.15) is 39.2 Å². The molecule has 1 aromatic carbocycles. The van der Waals surface area contributed by atoms with E-state index in [1.807, 2.05) is 6.07 Å². The first-order valence-electron chi connectivity index (χ1n) is 9.25. The zero-order chi connectivity index (χ0) is 21.6. The standard InChI is InChI=1S/C21H17ClF2N4O2/c1-10-2-12(7-25)8-27-19(10)16(29)5-11-3-14(18(22)15(24)4-11)21(9-23)13-6-17(13)30-20(26)28-21/h2-4,8,13,17H,5-6,9H2,1H3,(H2,26,28)/t13-,17+,21-/m0/s1. The number of Topliss-reactive ketones (excluding diaryl/α,β-unsaturated/α-hetero) is 1. The Labute approximate surface area is 176 Å². The number of ether oxygens (including phenoxy) is 1. The van der Waals surface area contributed by atoms with E-state index < -0.39 is 18.0 Å². The first-order chi connectivity index (χ1) is 14.3. The number of nitriles is 1. The second kappa shape index (κ2) is 7.33. The van der Waals surface area contributed by atoms with Crippen LogP contribution >= 0.6 is 11.6 Å². The Morgan fingerprint density at radius 1 is 1.47 bits per heavy atom. The van der Waals surface area contributed by atoms with E-state index in [2.05, 4.69) is 9.98 Å². The van der Waals surface area contributed by atoms with Gasteiger partial charge in [0.25, 0.3) is 6.02 Å². The number of aliphatic imine (C=N–C) groups is 1. The van der Waals surface area contributed by atoms with E-state index in [1.165, 1.54) is 12.3 Å². The zero-order valence-corrected chi connectivity index (χ0v) is 16.7.